The Labute approximate surface area is 160 Å². The highest BCUT2D eigenvalue weighted by Gasteiger charge is 2.44. The van der Waals surface area contributed by atoms with Crippen molar-refractivity contribution in [2.24, 2.45) is 27.6 Å². The molecular formula is C24H38O2. The van der Waals surface area contributed by atoms with Gasteiger partial charge in [0.05, 0.1) is 0 Å². The lowest BCUT2D eigenvalue weighted by molar-refractivity contribution is 0.129. The Kier molecular flexibility index (Phi) is 5.07. The van der Waals surface area contributed by atoms with E-state index >= 15 is 0 Å². The molecule has 0 saturated heterocycles. The van der Waals surface area contributed by atoms with Crippen LogP contribution in [0.4, 0.5) is 0 Å². The standard InChI is InChI=1S/C24H38O2/c1-16(23(8)12-10-19(25)17(14-23)21(2,3)4)24(9)13-11-20(26)18(15-24)22(5,6)7/h10-11,14-16,25-26H,12-13H2,1-9H3. The van der Waals surface area contributed by atoms with Gasteiger partial charge in [-0.15, -0.1) is 0 Å². The fourth-order valence-corrected chi connectivity index (χ4v) is 4.34. The molecule has 146 valence electrons. The zero-order chi connectivity index (χ0) is 20.1. The molecule has 0 aliphatic heterocycles. The van der Waals surface area contributed by atoms with Gasteiger partial charge >= 0.3 is 0 Å². The van der Waals surface area contributed by atoms with Crippen LogP contribution in [0.5, 0.6) is 0 Å². The molecule has 0 aromatic heterocycles. The lowest BCUT2D eigenvalue weighted by Gasteiger charge is -2.47. The first kappa shape index (κ1) is 20.9. The molecule has 2 aliphatic rings. The first-order valence-corrected chi connectivity index (χ1v) is 9.86. The summed E-state index contributed by atoms with van der Waals surface area (Å²) in [5.74, 6) is 1.22. The van der Waals surface area contributed by atoms with Gasteiger partial charge in [-0.1, -0.05) is 74.5 Å². The molecule has 2 N–H and O–H groups in total. The highest BCUT2D eigenvalue weighted by Crippen LogP contribution is 2.53. The molecule has 2 nitrogen and oxygen atoms in total. The third-order valence-corrected chi connectivity index (χ3v) is 6.56. The molecule has 0 saturated carbocycles. The van der Waals surface area contributed by atoms with Gasteiger partial charge in [0.1, 0.15) is 11.5 Å². The third kappa shape index (κ3) is 3.80. The minimum atomic E-state index is -0.0833. The Morgan fingerprint density at radius 3 is 1.35 bits per heavy atom. The number of aliphatic hydroxyl groups is 2. The molecule has 0 bridgehead atoms. The van der Waals surface area contributed by atoms with Crippen molar-refractivity contribution in [2.75, 3.05) is 0 Å². The summed E-state index contributed by atoms with van der Waals surface area (Å²) < 4.78 is 0. The van der Waals surface area contributed by atoms with Gasteiger partial charge < -0.3 is 10.2 Å². The number of aliphatic hydroxyl groups excluding tert-OH is 2. The van der Waals surface area contributed by atoms with Crippen molar-refractivity contribution in [2.45, 2.75) is 75.2 Å². The van der Waals surface area contributed by atoms with Crippen molar-refractivity contribution in [3.63, 3.8) is 0 Å². The largest absolute Gasteiger partial charge is 0.508 e. The van der Waals surface area contributed by atoms with E-state index in [0.29, 0.717) is 17.4 Å². The minimum Gasteiger partial charge on any atom is -0.508 e. The summed E-state index contributed by atoms with van der Waals surface area (Å²) >= 11 is 0. The quantitative estimate of drug-likeness (QED) is 0.545. The van der Waals surface area contributed by atoms with E-state index in [1.54, 1.807) is 0 Å². The average molecular weight is 359 g/mol. The fraction of sp³-hybridized carbons (Fsp3) is 0.667. The molecule has 2 aliphatic carbocycles. The Morgan fingerprint density at radius 1 is 0.769 bits per heavy atom. The maximum atomic E-state index is 10.4. The summed E-state index contributed by atoms with van der Waals surface area (Å²) in [6.07, 6.45) is 10.3. The van der Waals surface area contributed by atoms with E-state index in [1.807, 2.05) is 12.2 Å². The van der Waals surface area contributed by atoms with Crippen LogP contribution < -0.4 is 0 Å². The van der Waals surface area contributed by atoms with Crippen LogP contribution in [0.3, 0.4) is 0 Å². The summed E-state index contributed by atoms with van der Waals surface area (Å²) in [5.41, 5.74) is 1.83. The second-order valence-electron chi connectivity index (χ2n) is 10.9. The second kappa shape index (κ2) is 6.32. The molecule has 0 spiro atoms. The third-order valence-electron chi connectivity index (χ3n) is 6.56. The molecule has 26 heavy (non-hydrogen) atoms. The number of allylic oxidation sites excluding steroid dienone is 6. The zero-order valence-corrected chi connectivity index (χ0v) is 18.2. The Morgan fingerprint density at radius 2 is 1.08 bits per heavy atom. The Bertz CT molecular complexity index is 631. The summed E-state index contributed by atoms with van der Waals surface area (Å²) in [6.45, 7) is 19.8. The molecule has 2 rings (SSSR count). The predicted octanol–water partition coefficient (Wildman–Crippen LogP) is 7.27. The molecule has 0 aromatic carbocycles. The number of rotatable bonds is 2. The van der Waals surface area contributed by atoms with Crippen LogP contribution in [0.25, 0.3) is 0 Å². The fourth-order valence-electron chi connectivity index (χ4n) is 4.34. The van der Waals surface area contributed by atoms with E-state index in [2.05, 4.69) is 74.5 Å². The normalized spacial score (nSPS) is 31.6. The van der Waals surface area contributed by atoms with Gasteiger partial charge in [-0.2, -0.15) is 0 Å². The molecule has 0 aromatic rings. The predicted molar refractivity (Wildman–Crippen MR) is 111 cm³/mol. The lowest BCUT2D eigenvalue weighted by atomic mass is 9.57. The van der Waals surface area contributed by atoms with Gasteiger partial charge in [0.25, 0.3) is 0 Å². The summed E-state index contributed by atoms with van der Waals surface area (Å²) in [5, 5.41) is 20.8. The van der Waals surface area contributed by atoms with Crippen molar-refractivity contribution in [3.05, 3.63) is 47.0 Å². The van der Waals surface area contributed by atoms with Crippen LogP contribution in [0, 0.1) is 27.6 Å². The van der Waals surface area contributed by atoms with Gasteiger partial charge in [-0.25, -0.2) is 0 Å². The summed E-state index contributed by atoms with van der Waals surface area (Å²) in [4.78, 5) is 0. The topological polar surface area (TPSA) is 40.5 Å². The van der Waals surface area contributed by atoms with Gasteiger partial charge in [0.15, 0.2) is 0 Å². The van der Waals surface area contributed by atoms with Gasteiger partial charge in [-0.05, 0) is 63.7 Å². The molecule has 2 atom stereocenters. The molecule has 0 radical (unpaired) electrons. The maximum Gasteiger partial charge on any atom is 0.115 e. The van der Waals surface area contributed by atoms with Crippen molar-refractivity contribution >= 4 is 0 Å². The van der Waals surface area contributed by atoms with Gasteiger partial charge in [0, 0.05) is 0 Å². The second-order valence-corrected chi connectivity index (χ2v) is 10.9. The van der Waals surface area contributed by atoms with E-state index in [4.69, 9.17) is 0 Å². The molecule has 0 fully saturated rings. The van der Waals surface area contributed by atoms with Crippen molar-refractivity contribution in [3.8, 4) is 0 Å². The maximum absolute atomic E-state index is 10.4. The van der Waals surface area contributed by atoms with Crippen LogP contribution in [0.15, 0.2) is 47.0 Å². The van der Waals surface area contributed by atoms with E-state index in [1.165, 1.54) is 0 Å². The molecule has 0 heterocycles. The smallest absolute Gasteiger partial charge is 0.115 e. The highest BCUT2D eigenvalue weighted by molar-refractivity contribution is 5.39. The number of hydrogen-bond donors (Lipinski definition) is 2. The molecule has 2 heteroatoms. The van der Waals surface area contributed by atoms with Crippen LogP contribution in [0.1, 0.15) is 75.2 Å². The van der Waals surface area contributed by atoms with Gasteiger partial charge in [-0.3, -0.25) is 0 Å². The van der Waals surface area contributed by atoms with E-state index in [9.17, 15) is 10.2 Å². The SMILES string of the molecule is CC(C1(C)C=C(C(C)(C)C)C(O)=CC1)C1(C)C=C(C(C)(C)C)C(O)=CC1. The van der Waals surface area contributed by atoms with Crippen molar-refractivity contribution in [1.29, 1.82) is 0 Å². The summed E-state index contributed by atoms with van der Waals surface area (Å²) in [6, 6.07) is 0. The first-order valence-electron chi connectivity index (χ1n) is 9.86. The Balaban J connectivity index is 2.46. The minimum absolute atomic E-state index is 0.0378. The van der Waals surface area contributed by atoms with E-state index < -0.39 is 0 Å². The molecular weight excluding hydrogens is 320 g/mol. The molecule has 2 unspecified atom stereocenters. The zero-order valence-electron chi connectivity index (χ0n) is 18.2. The van der Waals surface area contributed by atoms with Crippen molar-refractivity contribution in [1.82, 2.24) is 0 Å². The Hall–Kier alpha value is -1.44. The average Bonchev–Trinajstić information content (AvgIpc) is 2.49. The van der Waals surface area contributed by atoms with Crippen LogP contribution in [0.2, 0.25) is 0 Å². The van der Waals surface area contributed by atoms with E-state index in [0.717, 1.165) is 24.0 Å². The van der Waals surface area contributed by atoms with Crippen LogP contribution in [-0.2, 0) is 0 Å². The molecule has 0 amide bonds. The monoisotopic (exact) mass is 358 g/mol. The van der Waals surface area contributed by atoms with Gasteiger partial charge in [0.2, 0.25) is 0 Å². The first-order chi connectivity index (χ1) is 11.6. The van der Waals surface area contributed by atoms with E-state index in [-0.39, 0.29) is 21.7 Å². The van der Waals surface area contributed by atoms with Crippen LogP contribution >= 0.6 is 0 Å². The number of hydrogen-bond acceptors (Lipinski definition) is 2. The highest BCUT2D eigenvalue weighted by atomic mass is 16.3. The van der Waals surface area contributed by atoms with Crippen LogP contribution in [-0.4, -0.2) is 10.2 Å². The van der Waals surface area contributed by atoms with Crippen molar-refractivity contribution < 1.29 is 10.2 Å². The lowest BCUT2D eigenvalue weighted by Crippen LogP contribution is -2.39. The summed E-state index contributed by atoms with van der Waals surface area (Å²) in [7, 11) is 0.